The minimum absolute atomic E-state index is 0.238. The minimum atomic E-state index is -0.271. The molecule has 108 valence electrons. The number of rotatable bonds is 3. The number of aryl methyl sites for hydroxylation is 2. The van der Waals surface area contributed by atoms with E-state index >= 15 is 0 Å². The second kappa shape index (κ2) is 5.11. The predicted octanol–water partition coefficient (Wildman–Crippen LogP) is 3.17. The second-order valence-electron chi connectivity index (χ2n) is 5.52. The molecule has 1 aliphatic rings. The van der Waals surface area contributed by atoms with Crippen LogP contribution in [0.4, 0.5) is 0 Å². The first-order valence-electron chi connectivity index (χ1n) is 6.89. The molecule has 1 aliphatic carbocycles. The Kier molecular flexibility index (Phi) is 3.41. The smallest absolute Gasteiger partial charge is 0.272 e. The number of carbonyl (C=O) groups is 1. The van der Waals surface area contributed by atoms with Crippen LogP contribution in [-0.4, -0.2) is 15.9 Å². The van der Waals surface area contributed by atoms with E-state index < -0.39 is 0 Å². The molecule has 1 N–H and O–H groups in total. The summed E-state index contributed by atoms with van der Waals surface area (Å²) in [6.45, 7) is 3.78. The average molecular weight is 302 g/mol. The van der Waals surface area contributed by atoms with Gasteiger partial charge in [0.1, 0.15) is 11.5 Å². The zero-order chi connectivity index (χ0) is 15.0. The molecule has 0 radical (unpaired) electrons. The van der Waals surface area contributed by atoms with Crippen molar-refractivity contribution in [3.8, 4) is 0 Å². The van der Waals surface area contributed by atoms with Crippen molar-refractivity contribution >= 4 is 17.5 Å². The van der Waals surface area contributed by atoms with Crippen LogP contribution < -0.4 is 5.32 Å². The van der Waals surface area contributed by atoms with Gasteiger partial charge in [0.15, 0.2) is 0 Å². The summed E-state index contributed by atoms with van der Waals surface area (Å²) in [5, 5.41) is 3.35. The van der Waals surface area contributed by atoms with Gasteiger partial charge >= 0.3 is 0 Å². The molecule has 0 spiro atoms. The number of halogens is 1. The molecule has 1 aromatic carbocycles. The molecule has 0 saturated heterocycles. The van der Waals surface area contributed by atoms with Gasteiger partial charge in [0, 0.05) is 0 Å². The molecular weight excluding hydrogens is 286 g/mol. The normalized spacial score (nSPS) is 15.6. The van der Waals surface area contributed by atoms with Gasteiger partial charge in [-0.2, -0.15) is 0 Å². The molecule has 0 aliphatic heterocycles. The molecule has 1 fully saturated rings. The number of carbonyl (C=O) groups excluding carboxylic acids is 1. The van der Waals surface area contributed by atoms with E-state index in [0.717, 1.165) is 18.4 Å². The van der Waals surface area contributed by atoms with E-state index in [1.54, 1.807) is 6.92 Å². The van der Waals surface area contributed by atoms with Gasteiger partial charge < -0.3 is 5.32 Å². The van der Waals surface area contributed by atoms with Crippen molar-refractivity contribution < 1.29 is 4.79 Å². The van der Waals surface area contributed by atoms with Crippen LogP contribution in [0.15, 0.2) is 30.5 Å². The van der Waals surface area contributed by atoms with Gasteiger partial charge in [0.2, 0.25) is 0 Å². The molecule has 5 heteroatoms. The Hall–Kier alpha value is -1.94. The SMILES string of the molecule is Cc1ccc(C2(NC(=O)c3nc(C)ncc3Cl)CC2)cc1. The van der Waals surface area contributed by atoms with Crippen molar-refractivity contribution in [3.63, 3.8) is 0 Å². The van der Waals surface area contributed by atoms with Crippen molar-refractivity contribution in [1.29, 1.82) is 0 Å². The molecule has 2 aromatic rings. The number of hydrogen-bond acceptors (Lipinski definition) is 3. The Morgan fingerprint density at radius 1 is 1.24 bits per heavy atom. The van der Waals surface area contributed by atoms with Crippen LogP contribution in [0, 0.1) is 13.8 Å². The second-order valence-corrected chi connectivity index (χ2v) is 5.92. The van der Waals surface area contributed by atoms with Crippen LogP contribution in [0.25, 0.3) is 0 Å². The highest BCUT2D eigenvalue weighted by molar-refractivity contribution is 6.33. The Labute approximate surface area is 128 Å². The largest absolute Gasteiger partial charge is 0.341 e. The van der Waals surface area contributed by atoms with E-state index in [1.807, 2.05) is 6.92 Å². The van der Waals surface area contributed by atoms with Crippen LogP contribution >= 0.6 is 11.6 Å². The number of hydrogen-bond donors (Lipinski definition) is 1. The first-order chi connectivity index (χ1) is 10.00. The maximum atomic E-state index is 12.4. The number of nitrogens with one attached hydrogen (secondary N) is 1. The molecule has 1 aromatic heterocycles. The standard InChI is InChI=1S/C16H16ClN3O/c1-10-3-5-12(6-4-10)16(7-8-16)20-15(21)14-13(17)9-18-11(2)19-14/h3-6,9H,7-8H2,1-2H3,(H,20,21). The van der Waals surface area contributed by atoms with Gasteiger partial charge in [-0.15, -0.1) is 0 Å². The fourth-order valence-corrected chi connectivity index (χ4v) is 2.55. The van der Waals surface area contributed by atoms with Gasteiger partial charge in [-0.1, -0.05) is 41.4 Å². The van der Waals surface area contributed by atoms with E-state index in [4.69, 9.17) is 11.6 Å². The molecule has 0 bridgehead atoms. The first kappa shape index (κ1) is 14.0. The highest BCUT2D eigenvalue weighted by Crippen LogP contribution is 2.45. The third kappa shape index (κ3) is 2.76. The minimum Gasteiger partial charge on any atom is -0.341 e. The highest BCUT2D eigenvalue weighted by atomic mass is 35.5. The van der Waals surface area contributed by atoms with Crippen LogP contribution in [0.1, 0.15) is 40.3 Å². The summed E-state index contributed by atoms with van der Waals surface area (Å²) in [7, 11) is 0. The molecule has 4 nitrogen and oxygen atoms in total. The van der Waals surface area contributed by atoms with E-state index in [0.29, 0.717) is 5.82 Å². The molecule has 1 amide bonds. The Morgan fingerprint density at radius 2 is 1.90 bits per heavy atom. The number of aromatic nitrogens is 2. The first-order valence-corrected chi connectivity index (χ1v) is 7.27. The van der Waals surface area contributed by atoms with E-state index in [-0.39, 0.29) is 22.2 Å². The summed E-state index contributed by atoms with van der Waals surface area (Å²) < 4.78 is 0. The van der Waals surface area contributed by atoms with Gasteiger partial charge in [-0.3, -0.25) is 4.79 Å². The monoisotopic (exact) mass is 301 g/mol. The van der Waals surface area contributed by atoms with E-state index in [2.05, 4.69) is 39.6 Å². The topological polar surface area (TPSA) is 54.9 Å². The van der Waals surface area contributed by atoms with E-state index in [1.165, 1.54) is 11.8 Å². The predicted molar refractivity (Wildman–Crippen MR) is 81.3 cm³/mol. The third-order valence-electron chi connectivity index (χ3n) is 3.79. The molecule has 21 heavy (non-hydrogen) atoms. The van der Waals surface area contributed by atoms with E-state index in [9.17, 15) is 4.79 Å². The lowest BCUT2D eigenvalue weighted by atomic mass is 10.0. The van der Waals surface area contributed by atoms with Gasteiger partial charge in [0.05, 0.1) is 16.8 Å². The van der Waals surface area contributed by atoms with Crippen LogP contribution in [0.2, 0.25) is 5.02 Å². The van der Waals surface area contributed by atoms with Crippen molar-refractivity contribution in [3.05, 3.63) is 58.1 Å². The maximum Gasteiger partial charge on any atom is 0.272 e. The molecule has 0 atom stereocenters. The number of amides is 1. The summed E-state index contributed by atoms with van der Waals surface area (Å²) in [5.41, 5.74) is 2.30. The molecule has 1 heterocycles. The maximum absolute atomic E-state index is 12.4. The molecular formula is C16H16ClN3O. The van der Waals surface area contributed by atoms with Crippen molar-refractivity contribution in [1.82, 2.24) is 15.3 Å². The lowest BCUT2D eigenvalue weighted by molar-refractivity contribution is 0.0925. The third-order valence-corrected chi connectivity index (χ3v) is 4.06. The van der Waals surface area contributed by atoms with Gasteiger partial charge in [-0.25, -0.2) is 9.97 Å². The lowest BCUT2D eigenvalue weighted by Crippen LogP contribution is -2.35. The fourth-order valence-electron chi connectivity index (χ4n) is 2.37. The molecule has 0 unspecified atom stereocenters. The highest BCUT2D eigenvalue weighted by Gasteiger charge is 2.46. The number of benzene rings is 1. The summed E-state index contributed by atoms with van der Waals surface area (Å²) in [5.74, 6) is 0.285. The Balaban J connectivity index is 1.84. The Bertz CT molecular complexity index is 693. The lowest BCUT2D eigenvalue weighted by Gasteiger charge is -2.18. The van der Waals surface area contributed by atoms with Crippen molar-refractivity contribution in [2.24, 2.45) is 0 Å². The van der Waals surface area contributed by atoms with Crippen molar-refractivity contribution in [2.45, 2.75) is 32.2 Å². The summed E-state index contributed by atoms with van der Waals surface area (Å²) in [6.07, 6.45) is 3.33. The van der Waals surface area contributed by atoms with Crippen LogP contribution in [-0.2, 0) is 5.54 Å². The number of nitrogens with zero attached hydrogens (tertiary/aromatic N) is 2. The van der Waals surface area contributed by atoms with Gasteiger partial charge in [0.25, 0.3) is 5.91 Å². The Morgan fingerprint density at radius 3 is 2.52 bits per heavy atom. The molecule has 1 saturated carbocycles. The zero-order valence-corrected chi connectivity index (χ0v) is 12.7. The quantitative estimate of drug-likeness (QED) is 0.947. The fraction of sp³-hybridized carbons (Fsp3) is 0.312. The zero-order valence-electron chi connectivity index (χ0n) is 12.0. The summed E-state index contributed by atoms with van der Waals surface area (Å²) >= 11 is 6.02. The van der Waals surface area contributed by atoms with Crippen LogP contribution in [0.5, 0.6) is 0 Å². The van der Waals surface area contributed by atoms with Crippen molar-refractivity contribution in [2.75, 3.05) is 0 Å². The average Bonchev–Trinajstić information content (AvgIpc) is 3.23. The van der Waals surface area contributed by atoms with Gasteiger partial charge in [-0.05, 0) is 32.3 Å². The summed E-state index contributed by atoms with van der Waals surface area (Å²) in [4.78, 5) is 20.5. The summed E-state index contributed by atoms with van der Waals surface area (Å²) in [6, 6.07) is 8.25. The van der Waals surface area contributed by atoms with Crippen LogP contribution in [0.3, 0.4) is 0 Å². The molecule has 3 rings (SSSR count).